The number of aliphatic carboxylic acids is 1. The molecule has 1 aromatic carbocycles. The third-order valence-corrected chi connectivity index (χ3v) is 2.71. The van der Waals surface area contributed by atoms with Gasteiger partial charge in [-0.1, -0.05) is 0 Å². The van der Waals surface area contributed by atoms with E-state index in [0.29, 0.717) is 11.3 Å². The van der Waals surface area contributed by atoms with Crippen molar-refractivity contribution >= 4 is 11.9 Å². The molecule has 21 heavy (non-hydrogen) atoms. The van der Waals surface area contributed by atoms with Crippen molar-refractivity contribution in [1.82, 2.24) is 5.32 Å². The lowest BCUT2D eigenvalue weighted by atomic mass is 10.2. The lowest BCUT2D eigenvalue weighted by molar-refractivity contribution is -0.145. The zero-order chi connectivity index (χ0) is 16.0. The fourth-order valence-corrected chi connectivity index (χ4v) is 1.52. The van der Waals surface area contributed by atoms with Gasteiger partial charge in [-0.25, -0.2) is 4.79 Å². The highest BCUT2D eigenvalue weighted by Gasteiger charge is 2.27. The van der Waals surface area contributed by atoms with Gasteiger partial charge in [0, 0.05) is 0 Å². The second-order valence-corrected chi connectivity index (χ2v) is 4.46. The summed E-state index contributed by atoms with van der Waals surface area (Å²) in [6.07, 6.45) is -2.17. The Hall–Kier alpha value is -2.59. The van der Waals surface area contributed by atoms with Gasteiger partial charge in [0.1, 0.15) is 5.75 Å². The molecule has 3 N–H and O–H groups in total. The van der Waals surface area contributed by atoms with Gasteiger partial charge in [-0.05, 0) is 38.1 Å². The molecule has 1 rings (SSSR count). The van der Waals surface area contributed by atoms with Gasteiger partial charge in [-0.2, -0.15) is 5.26 Å². The summed E-state index contributed by atoms with van der Waals surface area (Å²) in [5.41, 5.74) is 0.458. The Kier molecular flexibility index (Phi) is 5.69. The van der Waals surface area contributed by atoms with E-state index in [1.165, 1.54) is 38.1 Å². The summed E-state index contributed by atoms with van der Waals surface area (Å²) in [5.74, 6) is -1.61. The second kappa shape index (κ2) is 7.26. The molecule has 0 aliphatic carbocycles. The van der Waals surface area contributed by atoms with Crippen LogP contribution in [0.25, 0.3) is 0 Å². The molecule has 0 heterocycles. The highest BCUT2D eigenvalue weighted by Crippen LogP contribution is 2.13. The Balaban J connectivity index is 2.65. The first-order chi connectivity index (χ1) is 9.85. The normalized spacial score (nSPS) is 14.4. The highest BCUT2D eigenvalue weighted by molar-refractivity contribution is 5.86. The molecule has 0 spiro atoms. The first kappa shape index (κ1) is 16.5. The number of hydrogen-bond acceptors (Lipinski definition) is 5. The van der Waals surface area contributed by atoms with Crippen LogP contribution in [0.3, 0.4) is 0 Å². The molecule has 0 saturated heterocycles. The van der Waals surface area contributed by atoms with Crippen molar-refractivity contribution in [2.45, 2.75) is 32.1 Å². The van der Waals surface area contributed by atoms with Crippen molar-refractivity contribution in [2.24, 2.45) is 0 Å². The van der Waals surface area contributed by atoms with E-state index in [0.717, 1.165) is 0 Å². The van der Waals surface area contributed by atoms with Gasteiger partial charge in [-0.15, -0.1) is 0 Å². The zero-order valence-corrected chi connectivity index (χ0v) is 11.6. The SMILES string of the molecule is CC(Oc1ccc(C#N)cc1)C(=O)NC(C(=O)O)C(C)O. The molecule has 0 fully saturated rings. The maximum Gasteiger partial charge on any atom is 0.328 e. The Morgan fingerprint density at radius 2 is 1.86 bits per heavy atom. The number of rotatable bonds is 6. The second-order valence-electron chi connectivity index (χ2n) is 4.46. The number of benzene rings is 1. The molecular formula is C14H16N2O5. The quantitative estimate of drug-likeness (QED) is 0.692. The summed E-state index contributed by atoms with van der Waals surface area (Å²) in [7, 11) is 0. The minimum atomic E-state index is -1.40. The maximum absolute atomic E-state index is 11.8. The van der Waals surface area contributed by atoms with Crippen LogP contribution in [0.4, 0.5) is 0 Å². The molecule has 7 nitrogen and oxygen atoms in total. The van der Waals surface area contributed by atoms with E-state index in [2.05, 4.69) is 5.32 Å². The Labute approximate surface area is 121 Å². The number of carbonyl (C=O) groups excluding carboxylic acids is 1. The summed E-state index contributed by atoms with van der Waals surface area (Å²) in [5, 5.41) is 29.0. The van der Waals surface area contributed by atoms with Crippen LogP contribution >= 0.6 is 0 Å². The van der Waals surface area contributed by atoms with Gasteiger partial charge >= 0.3 is 5.97 Å². The number of aliphatic hydroxyl groups is 1. The number of amides is 1. The molecule has 112 valence electrons. The number of nitrogens with zero attached hydrogens (tertiary/aromatic N) is 1. The number of carboxylic acids is 1. The largest absolute Gasteiger partial charge is 0.481 e. The Bertz CT molecular complexity index is 547. The summed E-state index contributed by atoms with van der Waals surface area (Å²) in [4.78, 5) is 22.7. The summed E-state index contributed by atoms with van der Waals surface area (Å²) in [6, 6.07) is 6.70. The molecule has 1 amide bonds. The molecule has 0 saturated carbocycles. The number of nitrogens with one attached hydrogen (secondary N) is 1. The van der Waals surface area contributed by atoms with E-state index in [-0.39, 0.29) is 0 Å². The third-order valence-electron chi connectivity index (χ3n) is 2.71. The summed E-state index contributed by atoms with van der Waals surface area (Å²) < 4.78 is 5.34. The molecule has 0 aliphatic heterocycles. The smallest absolute Gasteiger partial charge is 0.328 e. The lowest BCUT2D eigenvalue weighted by Crippen LogP contribution is -2.51. The molecular weight excluding hydrogens is 276 g/mol. The molecule has 3 unspecified atom stereocenters. The van der Waals surface area contributed by atoms with E-state index in [1.54, 1.807) is 0 Å². The van der Waals surface area contributed by atoms with Crippen LogP contribution in [-0.4, -0.2) is 40.3 Å². The van der Waals surface area contributed by atoms with Crippen molar-refractivity contribution in [1.29, 1.82) is 5.26 Å². The van der Waals surface area contributed by atoms with Crippen LogP contribution < -0.4 is 10.1 Å². The molecule has 3 atom stereocenters. The van der Waals surface area contributed by atoms with Crippen molar-refractivity contribution in [2.75, 3.05) is 0 Å². The molecule has 0 bridgehead atoms. The third kappa shape index (κ3) is 4.78. The number of nitriles is 1. The fraction of sp³-hybridized carbons (Fsp3) is 0.357. The Morgan fingerprint density at radius 3 is 2.29 bits per heavy atom. The van der Waals surface area contributed by atoms with Crippen LogP contribution in [0, 0.1) is 11.3 Å². The van der Waals surface area contributed by atoms with Gasteiger partial charge in [0.15, 0.2) is 12.1 Å². The van der Waals surface area contributed by atoms with Gasteiger partial charge < -0.3 is 20.3 Å². The highest BCUT2D eigenvalue weighted by atomic mass is 16.5. The van der Waals surface area contributed by atoms with E-state index in [9.17, 15) is 14.7 Å². The first-order valence-electron chi connectivity index (χ1n) is 6.23. The predicted molar refractivity (Wildman–Crippen MR) is 72.5 cm³/mol. The van der Waals surface area contributed by atoms with Gasteiger partial charge in [-0.3, -0.25) is 4.79 Å². The van der Waals surface area contributed by atoms with Crippen LogP contribution in [0.15, 0.2) is 24.3 Å². The molecule has 0 aliphatic rings. The average molecular weight is 292 g/mol. The van der Waals surface area contributed by atoms with E-state index in [1.807, 2.05) is 6.07 Å². The molecule has 0 aromatic heterocycles. The summed E-state index contributed by atoms with van der Waals surface area (Å²) >= 11 is 0. The maximum atomic E-state index is 11.8. The topological polar surface area (TPSA) is 120 Å². The van der Waals surface area contributed by atoms with Crippen molar-refractivity contribution in [3.63, 3.8) is 0 Å². The number of ether oxygens (including phenoxy) is 1. The minimum absolute atomic E-state index is 0.376. The van der Waals surface area contributed by atoms with Crippen molar-refractivity contribution in [3.05, 3.63) is 29.8 Å². The van der Waals surface area contributed by atoms with Crippen LogP contribution in [0.2, 0.25) is 0 Å². The number of aliphatic hydroxyl groups excluding tert-OH is 1. The average Bonchev–Trinajstić information content (AvgIpc) is 2.44. The molecule has 1 aromatic rings. The number of carbonyl (C=O) groups is 2. The Morgan fingerprint density at radius 1 is 1.29 bits per heavy atom. The van der Waals surface area contributed by atoms with Crippen LogP contribution in [0.5, 0.6) is 5.75 Å². The zero-order valence-electron chi connectivity index (χ0n) is 11.6. The van der Waals surface area contributed by atoms with Crippen LogP contribution in [0.1, 0.15) is 19.4 Å². The lowest BCUT2D eigenvalue weighted by Gasteiger charge is -2.20. The van der Waals surface area contributed by atoms with E-state index < -0.39 is 30.1 Å². The number of carboxylic acid groups (broad SMARTS) is 1. The van der Waals surface area contributed by atoms with Crippen molar-refractivity contribution in [3.8, 4) is 11.8 Å². The summed E-state index contributed by atoms with van der Waals surface area (Å²) in [6.45, 7) is 2.72. The van der Waals surface area contributed by atoms with Crippen molar-refractivity contribution < 1.29 is 24.5 Å². The first-order valence-corrected chi connectivity index (χ1v) is 6.23. The predicted octanol–water partition coefficient (Wildman–Crippen LogP) is 0.276. The molecule has 7 heteroatoms. The fourth-order valence-electron chi connectivity index (χ4n) is 1.52. The van der Waals surface area contributed by atoms with Crippen LogP contribution in [-0.2, 0) is 9.59 Å². The number of hydrogen-bond donors (Lipinski definition) is 3. The minimum Gasteiger partial charge on any atom is -0.481 e. The van der Waals surface area contributed by atoms with Gasteiger partial charge in [0.05, 0.1) is 17.7 Å². The van der Waals surface area contributed by atoms with E-state index in [4.69, 9.17) is 15.1 Å². The van der Waals surface area contributed by atoms with E-state index >= 15 is 0 Å². The monoisotopic (exact) mass is 292 g/mol. The molecule has 0 radical (unpaired) electrons. The van der Waals surface area contributed by atoms with Gasteiger partial charge in [0.25, 0.3) is 5.91 Å². The standard InChI is InChI=1S/C14H16N2O5/c1-8(17)12(14(19)20)16-13(18)9(2)21-11-5-3-10(7-15)4-6-11/h3-6,8-9,12,17H,1-2H3,(H,16,18)(H,19,20). The van der Waals surface area contributed by atoms with Gasteiger partial charge in [0.2, 0.25) is 0 Å².